The lowest BCUT2D eigenvalue weighted by Crippen LogP contribution is -2.33. The third-order valence-corrected chi connectivity index (χ3v) is 2.04. The van der Waals surface area contributed by atoms with E-state index < -0.39 is 0 Å². The molecule has 5 nitrogen and oxygen atoms in total. The molecule has 0 aliphatic heterocycles. The summed E-state index contributed by atoms with van der Waals surface area (Å²) in [4.78, 5) is 26.8. The Bertz CT molecular complexity index is 386. The van der Waals surface area contributed by atoms with Gasteiger partial charge in [0.15, 0.2) is 0 Å². The van der Waals surface area contributed by atoms with E-state index in [-0.39, 0.29) is 11.5 Å². The Balaban J connectivity index is 2.72. The number of aromatic nitrogens is 1. The van der Waals surface area contributed by atoms with Gasteiger partial charge in [0.2, 0.25) is 5.56 Å². The highest BCUT2D eigenvalue weighted by atomic mass is 16.2. The highest BCUT2D eigenvalue weighted by Gasteiger charge is 2.10. The molecular weight excluding hydrogens is 194 g/mol. The van der Waals surface area contributed by atoms with Gasteiger partial charge in [-0.2, -0.15) is 0 Å². The zero-order valence-corrected chi connectivity index (χ0v) is 8.91. The molecule has 1 amide bonds. The molecule has 1 aromatic heterocycles. The maximum absolute atomic E-state index is 11.7. The molecule has 0 aromatic carbocycles. The number of aromatic amines is 1. The summed E-state index contributed by atoms with van der Waals surface area (Å²) in [6.07, 6.45) is 0. The summed E-state index contributed by atoms with van der Waals surface area (Å²) in [6.45, 7) is 1.32. The molecule has 15 heavy (non-hydrogen) atoms. The third-order valence-electron chi connectivity index (χ3n) is 2.04. The van der Waals surface area contributed by atoms with Gasteiger partial charge in [0.1, 0.15) is 5.69 Å². The van der Waals surface area contributed by atoms with E-state index in [2.05, 4.69) is 10.3 Å². The number of hydrogen-bond donors (Lipinski definition) is 2. The van der Waals surface area contributed by atoms with Crippen molar-refractivity contribution in [3.8, 4) is 0 Å². The Morgan fingerprint density at radius 1 is 1.53 bits per heavy atom. The zero-order chi connectivity index (χ0) is 11.3. The van der Waals surface area contributed by atoms with Gasteiger partial charge in [0.25, 0.3) is 5.91 Å². The normalized spacial score (nSPS) is 10.0. The summed E-state index contributed by atoms with van der Waals surface area (Å²) >= 11 is 0. The number of nitrogens with zero attached hydrogens (tertiary/aromatic N) is 1. The molecule has 0 aliphatic carbocycles. The molecule has 82 valence electrons. The van der Waals surface area contributed by atoms with Crippen molar-refractivity contribution in [2.75, 3.05) is 27.2 Å². The van der Waals surface area contributed by atoms with E-state index >= 15 is 0 Å². The Kier molecular flexibility index (Phi) is 4.05. The van der Waals surface area contributed by atoms with Crippen molar-refractivity contribution < 1.29 is 4.79 Å². The van der Waals surface area contributed by atoms with E-state index in [9.17, 15) is 9.59 Å². The molecule has 0 atom stereocenters. The molecule has 1 aromatic rings. The van der Waals surface area contributed by atoms with Crippen LogP contribution in [0.25, 0.3) is 0 Å². The van der Waals surface area contributed by atoms with Crippen molar-refractivity contribution in [3.05, 3.63) is 34.2 Å². The average Bonchev–Trinajstić information content (AvgIpc) is 2.24. The number of pyridine rings is 1. The summed E-state index contributed by atoms with van der Waals surface area (Å²) in [5, 5.41) is 2.95. The van der Waals surface area contributed by atoms with E-state index in [0.717, 1.165) is 6.54 Å². The van der Waals surface area contributed by atoms with Crippen LogP contribution in [0.1, 0.15) is 10.5 Å². The molecular formula is C10H15N3O2. The summed E-state index contributed by atoms with van der Waals surface area (Å²) in [5.74, 6) is -0.178. The second-order valence-corrected chi connectivity index (χ2v) is 3.26. The molecule has 0 fully saturated rings. The summed E-state index contributed by atoms with van der Waals surface area (Å²) in [6, 6.07) is 4.54. The number of H-pyrrole nitrogens is 1. The lowest BCUT2D eigenvalue weighted by molar-refractivity contribution is 0.0791. The fourth-order valence-electron chi connectivity index (χ4n) is 1.16. The van der Waals surface area contributed by atoms with Gasteiger partial charge in [0, 0.05) is 26.2 Å². The topological polar surface area (TPSA) is 65.2 Å². The first-order valence-corrected chi connectivity index (χ1v) is 4.74. The number of amides is 1. The maximum Gasteiger partial charge on any atom is 0.270 e. The number of carbonyl (C=O) groups excluding carboxylic acids is 1. The SMILES string of the molecule is CNCCN(C)C(=O)c1cccc(=O)[nH]1. The van der Waals surface area contributed by atoms with E-state index in [1.54, 1.807) is 24.1 Å². The van der Waals surface area contributed by atoms with Crippen molar-refractivity contribution in [3.63, 3.8) is 0 Å². The van der Waals surface area contributed by atoms with Crippen LogP contribution in [-0.2, 0) is 0 Å². The maximum atomic E-state index is 11.7. The molecule has 1 rings (SSSR count). The third kappa shape index (κ3) is 3.21. The van der Waals surface area contributed by atoms with Gasteiger partial charge in [-0.3, -0.25) is 9.59 Å². The number of hydrogen-bond acceptors (Lipinski definition) is 3. The minimum atomic E-state index is -0.261. The number of nitrogens with one attached hydrogen (secondary N) is 2. The molecule has 2 N–H and O–H groups in total. The Morgan fingerprint density at radius 2 is 2.27 bits per heavy atom. The van der Waals surface area contributed by atoms with Crippen LogP contribution in [0.5, 0.6) is 0 Å². The first-order valence-electron chi connectivity index (χ1n) is 4.74. The van der Waals surface area contributed by atoms with Crippen molar-refractivity contribution in [2.24, 2.45) is 0 Å². The largest absolute Gasteiger partial charge is 0.339 e. The lowest BCUT2D eigenvalue weighted by atomic mass is 10.3. The van der Waals surface area contributed by atoms with Crippen molar-refractivity contribution >= 4 is 5.91 Å². The van der Waals surface area contributed by atoms with Crippen molar-refractivity contribution in [1.82, 2.24) is 15.2 Å². The van der Waals surface area contributed by atoms with E-state index in [1.165, 1.54) is 6.07 Å². The van der Waals surface area contributed by atoms with Gasteiger partial charge < -0.3 is 15.2 Å². The Hall–Kier alpha value is -1.62. The van der Waals surface area contributed by atoms with Crippen LogP contribution >= 0.6 is 0 Å². The van der Waals surface area contributed by atoms with Crippen molar-refractivity contribution in [1.29, 1.82) is 0 Å². The van der Waals surface area contributed by atoms with Crippen LogP contribution in [-0.4, -0.2) is 43.0 Å². The molecule has 0 unspecified atom stereocenters. The quantitative estimate of drug-likeness (QED) is 0.713. The monoisotopic (exact) mass is 209 g/mol. The van der Waals surface area contributed by atoms with Crippen LogP contribution in [0.15, 0.2) is 23.0 Å². The second-order valence-electron chi connectivity index (χ2n) is 3.26. The number of rotatable bonds is 4. The molecule has 0 radical (unpaired) electrons. The molecule has 0 bridgehead atoms. The van der Waals surface area contributed by atoms with Gasteiger partial charge in [-0.1, -0.05) is 6.07 Å². The zero-order valence-electron chi connectivity index (χ0n) is 8.91. The minimum absolute atomic E-state index is 0.178. The first kappa shape index (κ1) is 11.5. The smallest absolute Gasteiger partial charge is 0.270 e. The standard InChI is InChI=1S/C10H15N3O2/c1-11-6-7-13(2)10(15)8-4-3-5-9(14)12-8/h3-5,11H,6-7H2,1-2H3,(H,12,14). The number of likely N-dealkylation sites (N-methyl/N-ethyl adjacent to an activating group) is 2. The Morgan fingerprint density at radius 3 is 2.87 bits per heavy atom. The van der Waals surface area contributed by atoms with E-state index in [4.69, 9.17) is 0 Å². The predicted octanol–water partition coefficient (Wildman–Crippen LogP) is -0.334. The van der Waals surface area contributed by atoms with Crippen LogP contribution in [0.3, 0.4) is 0 Å². The highest BCUT2D eigenvalue weighted by molar-refractivity contribution is 5.91. The predicted molar refractivity (Wildman–Crippen MR) is 57.9 cm³/mol. The van der Waals surface area contributed by atoms with Crippen molar-refractivity contribution in [2.45, 2.75) is 0 Å². The lowest BCUT2D eigenvalue weighted by Gasteiger charge is -2.16. The fraction of sp³-hybridized carbons (Fsp3) is 0.400. The van der Waals surface area contributed by atoms with Gasteiger partial charge in [-0.15, -0.1) is 0 Å². The first-order chi connectivity index (χ1) is 7.15. The van der Waals surface area contributed by atoms with Gasteiger partial charge in [-0.05, 0) is 13.1 Å². The Labute approximate surface area is 88.1 Å². The molecule has 1 heterocycles. The second kappa shape index (κ2) is 5.31. The van der Waals surface area contributed by atoms with Gasteiger partial charge in [0.05, 0.1) is 0 Å². The summed E-state index contributed by atoms with van der Waals surface area (Å²) < 4.78 is 0. The molecule has 5 heteroatoms. The van der Waals surface area contributed by atoms with E-state index in [0.29, 0.717) is 12.2 Å². The fourth-order valence-corrected chi connectivity index (χ4v) is 1.16. The van der Waals surface area contributed by atoms with Crippen LogP contribution in [0, 0.1) is 0 Å². The summed E-state index contributed by atoms with van der Waals surface area (Å²) in [5.41, 5.74) is 0.0592. The van der Waals surface area contributed by atoms with Crippen LogP contribution in [0.2, 0.25) is 0 Å². The van der Waals surface area contributed by atoms with Gasteiger partial charge in [-0.25, -0.2) is 0 Å². The highest BCUT2D eigenvalue weighted by Crippen LogP contribution is 1.96. The molecule has 0 aliphatic rings. The van der Waals surface area contributed by atoms with Crippen LogP contribution < -0.4 is 10.9 Å². The minimum Gasteiger partial charge on any atom is -0.339 e. The van der Waals surface area contributed by atoms with E-state index in [1.807, 2.05) is 7.05 Å². The molecule has 0 saturated heterocycles. The van der Waals surface area contributed by atoms with Gasteiger partial charge >= 0.3 is 0 Å². The summed E-state index contributed by atoms with van der Waals surface area (Å²) in [7, 11) is 3.52. The average molecular weight is 209 g/mol. The molecule has 0 spiro atoms. The van der Waals surface area contributed by atoms with Crippen LogP contribution in [0.4, 0.5) is 0 Å². The number of carbonyl (C=O) groups is 1. The molecule has 0 saturated carbocycles.